The molecule has 1 aliphatic heterocycles. The molecule has 0 aromatic rings. The maximum absolute atomic E-state index is 5.63. The third kappa shape index (κ3) is 4.07. The Morgan fingerprint density at radius 1 is 1.33 bits per heavy atom. The third-order valence-corrected chi connectivity index (χ3v) is 4.00. The van der Waals surface area contributed by atoms with Crippen molar-refractivity contribution < 1.29 is 0 Å². The average Bonchev–Trinajstić information content (AvgIpc) is 2.18. The predicted molar refractivity (Wildman–Crippen MR) is 70.0 cm³/mol. The molecule has 1 unspecified atom stereocenters. The van der Waals surface area contributed by atoms with Crippen molar-refractivity contribution in [1.29, 1.82) is 0 Å². The zero-order valence-electron chi connectivity index (χ0n) is 10.2. The van der Waals surface area contributed by atoms with Crippen LogP contribution < -0.4 is 5.73 Å². The van der Waals surface area contributed by atoms with Crippen LogP contribution in [0.2, 0.25) is 0 Å². The molecule has 0 bridgehead atoms. The van der Waals surface area contributed by atoms with Crippen LogP contribution in [0.3, 0.4) is 0 Å². The van der Waals surface area contributed by atoms with Gasteiger partial charge < -0.3 is 10.6 Å². The number of likely N-dealkylation sites (tertiary alicyclic amines) is 1. The molecule has 0 aliphatic carbocycles. The molecule has 1 saturated heterocycles. The summed E-state index contributed by atoms with van der Waals surface area (Å²) in [5, 5.41) is 0. The highest BCUT2D eigenvalue weighted by molar-refractivity contribution is 7.80. The molecule has 0 saturated carbocycles. The molecule has 1 fully saturated rings. The molecular weight excluding hydrogens is 204 g/mol. The Labute approximate surface area is 99.2 Å². The van der Waals surface area contributed by atoms with Gasteiger partial charge in [-0.3, -0.25) is 0 Å². The van der Waals surface area contributed by atoms with E-state index in [0.717, 1.165) is 18.4 Å². The number of nitrogens with zero attached hydrogens (tertiary/aromatic N) is 1. The fourth-order valence-corrected chi connectivity index (χ4v) is 2.35. The highest BCUT2D eigenvalue weighted by Gasteiger charge is 2.22. The normalized spacial score (nSPS) is 21.9. The van der Waals surface area contributed by atoms with Gasteiger partial charge >= 0.3 is 0 Å². The van der Waals surface area contributed by atoms with Crippen LogP contribution >= 0.6 is 12.2 Å². The van der Waals surface area contributed by atoms with E-state index in [4.69, 9.17) is 18.0 Å². The first kappa shape index (κ1) is 12.9. The Bertz CT molecular complexity index is 208. The molecule has 1 atom stereocenters. The number of hydrogen-bond donors (Lipinski definition) is 1. The lowest BCUT2D eigenvalue weighted by Crippen LogP contribution is -2.40. The summed E-state index contributed by atoms with van der Waals surface area (Å²) in [7, 11) is 0. The van der Waals surface area contributed by atoms with E-state index in [-0.39, 0.29) is 0 Å². The monoisotopic (exact) mass is 228 g/mol. The Balaban J connectivity index is 2.28. The summed E-state index contributed by atoms with van der Waals surface area (Å²) in [5.41, 5.74) is 5.63. The van der Waals surface area contributed by atoms with Crippen LogP contribution in [0, 0.1) is 17.8 Å². The van der Waals surface area contributed by atoms with E-state index in [2.05, 4.69) is 25.7 Å². The highest BCUT2D eigenvalue weighted by atomic mass is 32.1. The van der Waals surface area contributed by atoms with E-state index in [1.807, 2.05) is 0 Å². The zero-order valence-corrected chi connectivity index (χ0v) is 11.0. The third-order valence-electron chi connectivity index (χ3n) is 3.59. The summed E-state index contributed by atoms with van der Waals surface area (Å²) < 4.78 is 0. The van der Waals surface area contributed by atoms with Gasteiger partial charge in [-0.2, -0.15) is 0 Å². The minimum Gasteiger partial charge on any atom is -0.393 e. The summed E-state index contributed by atoms with van der Waals surface area (Å²) >= 11 is 5.00. The smallest absolute Gasteiger partial charge is 0.0768 e. The second kappa shape index (κ2) is 5.80. The van der Waals surface area contributed by atoms with E-state index in [0.29, 0.717) is 10.9 Å². The molecule has 3 heteroatoms. The standard InChI is InChI=1S/C12H24N2S/c1-9(2)11-4-6-14(7-5-11)8-10(3)12(13)15/h9-11H,4-8H2,1-3H3,(H2,13,15). The van der Waals surface area contributed by atoms with E-state index in [1.165, 1.54) is 25.9 Å². The molecule has 15 heavy (non-hydrogen) atoms. The quantitative estimate of drug-likeness (QED) is 0.749. The predicted octanol–water partition coefficient (Wildman–Crippen LogP) is 2.28. The van der Waals surface area contributed by atoms with Gasteiger partial charge in [0.1, 0.15) is 0 Å². The fraction of sp³-hybridized carbons (Fsp3) is 0.917. The van der Waals surface area contributed by atoms with Crippen LogP contribution in [0.25, 0.3) is 0 Å². The summed E-state index contributed by atoms with van der Waals surface area (Å²) in [4.78, 5) is 3.16. The van der Waals surface area contributed by atoms with Crippen molar-refractivity contribution in [3.8, 4) is 0 Å². The summed E-state index contributed by atoms with van der Waals surface area (Å²) in [6.07, 6.45) is 2.67. The van der Waals surface area contributed by atoms with Crippen molar-refractivity contribution in [1.82, 2.24) is 4.90 Å². The van der Waals surface area contributed by atoms with Gasteiger partial charge in [0.2, 0.25) is 0 Å². The van der Waals surface area contributed by atoms with Crippen LogP contribution in [0.4, 0.5) is 0 Å². The molecule has 1 aliphatic rings. The molecular formula is C12H24N2S. The van der Waals surface area contributed by atoms with Gasteiger partial charge in [-0.25, -0.2) is 0 Å². The Morgan fingerprint density at radius 2 is 1.87 bits per heavy atom. The summed E-state index contributed by atoms with van der Waals surface area (Å²) in [5.74, 6) is 2.11. The lowest BCUT2D eigenvalue weighted by molar-refractivity contribution is 0.151. The molecule has 0 aromatic heterocycles. The first-order valence-electron chi connectivity index (χ1n) is 6.02. The lowest BCUT2D eigenvalue weighted by Gasteiger charge is -2.35. The number of piperidine rings is 1. The average molecular weight is 228 g/mol. The van der Waals surface area contributed by atoms with Gasteiger partial charge in [0.05, 0.1) is 4.99 Å². The van der Waals surface area contributed by atoms with Gasteiger partial charge in [0.25, 0.3) is 0 Å². The SMILES string of the molecule is CC(CN1CCC(C(C)C)CC1)C(N)=S. The summed E-state index contributed by atoms with van der Waals surface area (Å²) in [6, 6.07) is 0. The van der Waals surface area contributed by atoms with Crippen molar-refractivity contribution >= 4 is 17.2 Å². The molecule has 0 radical (unpaired) electrons. The number of rotatable bonds is 4. The maximum Gasteiger partial charge on any atom is 0.0768 e. The number of thiocarbonyl (C=S) groups is 1. The molecule has 2 nitrogen and oxygen atoms in total. The number of hydrogen-bond acceptors (Lipinski definition) is 2. The topological polar surface area (TPSA) is 29.3 Å². The van der Waals surface area contributed by atoms with E-state index >= 15 is 0 Å². The van der Waals surface area contributed by atoms with E-state index in [9.17, 15) is 0 Å². The fourth-order valence-electron chi connectivity index (χ4n) is 2.28. The van der Waals surface area contributed by atoms with Crippen LogP contribution in [0.1, 0.15) is 33.6 Å². The second-order valence-electron chi connectivity index (χ2n) is 5.19. The van der Waals surface area contributed by atoms with Gasteiger partial charge in [-0.1, -0.05) is 33.0 Å². The minimum absolute atomic E-state index is 0.357. The number of nitrogens with two attached hydrogens (primary N) is 1. The van der Waals surface area contributed by atoms with Crippen LogP contribution in [-0.4, -0.2) is 29.5 Å². The van der Waals surface area contributed by atoms with E-state index in [1.54, 1.807) is 0 Å². The van der Waals surface area contributed by atoms with Crippen molar-refractivity contribution in [2.45, 2.75) is 33.6 Å². The first-order chi connectivity index (χ1) is 7.00. The molecule has 1 rings (SSSR count). The van der Waals surface area contributed by atoms with Crippen molar-refractivity contribution in [3.63, 3.8) is 0 Å². The molecule has 0 aromatic carbocycles. The van der Waals surface area contributed by atoms with Crippen molar-refractivity contribution in [2.24, 2.45) is 23.5 Å². The maximum atomic E-state index is 5.63. The Kier molecular flexibility index (Phi) is 5.00. The molecule has 0 spiro atoms. The van der Waals surface area contributed by atoms with Gasteiger partial charge in [-0.05, 0) is 37.8 Å². The molecule has 0 amide bonds. The van der Waals surface area contributed by atoms with Crippen molar-refractivity contribution in [3.05, 3.63) is 0 Å². The minimum atomic E-state index is 0.357. The van der Waals surface area contributed by atoms with Gasteiger partial charge in [0, 0.05) is 12.5 Å². The largest absolute Gasteiger partial charge is 0.393 e. The van der Waals surface area contributed by atoms with E-state index < -0.39 is 0 Å². The zero-order chi connectivity index (χ0) is 11.4. The van der Waals surface area contributed by atoms with Crippen molar-refractivity contribution in [2.75, 3.05) is 19.6 Å². The lowest BCUT2D eigenvalue weighted by atomic mass is 9.86. The Morgan fingerprint density at radius 3 is 2.27 bits per heavy atom. The second-order valence-corrected chi connectivity index (χ2v) is 5.66. The van der Waals surface area contributed by atoms with Crippen LogP contribution in [-0.2, 0) is 0 Å². The van der Waals surface area contributed by atoms with Crippen LogP contribution in [0.5, 0.6) is 0 Å². The van der Waals surface area contributed by atoms with Gasteiger partial charge in [0.15, 0.2) is 0 Å². The first-order valence-corrected chi connectivity index (χ1v) is 6.43. The molecule has 1 heterocycles. The van der Waals surface area contributed by atoms with Crippen LogP contribution in [0.15, 0.2) is 0 Å². The summed E-state index contributed by atoms with van der Waals surface area (Å²) in [6.45, 7) is 10.3. The molecule has 2 N–H and O–H groups in total. The van der Waals surface area contributed by atoms with Gasteiger partial charge in [-0.15, -0.1) is 0 Å². The molecule has 88 valence electrons. The Hall–Kier alpha value is -0.150. The highest BCUT2D eigenvalue weighted by Crippen LogP contribution is 2.24.